The molecule has 1 rings (SSSR count). The van der Waals surface area contributed by atoms with E-state index in [0.717, 1.165) is 13.1 Å². The van der Waals surface area contributed by atoms with Gasteiger partial charge in [-0.3, -0.25) is 0 Å². The van der Waals surface area contributed by atoms with E-state index in [1.54, 1.807) is 6.20 Å². The highest BCUT2D eigenvalue weighted by Gasteiger charge is 2.18. The molecule has 0 amide bonds. The molecule has 1 heterocycles. The third kappa shape index (κ3) is 4.83. The molecule has 0 aliphatic heterocycles. The maximum atomic E-state index is 6.02. The number of anilines is 1. The van der Waals surface area contributed by atoms with E-state index in [1.165, 1.54) is 24.9 Å². The summed E-state index contributed by atoms with van der Waals surface area (Å²) in [4.78, 5) is 6.70. The molecule has 0 spiro atoms. The van der Waals surface area contributed by atoms with Crippen molar-refractivity contribution < 1.29 is 0 Å². The second-order valence-electron chi connectivity index (χ2n) is 5.50. The van der Waals surface area contributed by atoms with Gasteiger partial charge in [0.15, 0.2) is 0 Å². The third-order valence-corrected chi connectivity index (χ3v) is 3.96. The molecule has 19 heavy (non-hydrogen) atoms. The minimum atomic E-state index is 0.518. The molecule has 0 aliphatic carbocycles. The van der Waals surface area contributed by atoms with Crippen LogP contribution in [0.3, 0.4) is 0 Å². The summed E-state index contributed by atoms with van der Waals surface area (Å²) in [5.74, 6) is 1.82. The first-order valence-corrected chi connectivity index (χ1v) is 7.52. The van der Waals surface area contributed by atoms with Crippen LogP contribution in [0.5, 0.6) is 0 Å². The standard InChI is InChI=1S/C16H29N3/c1-5-19(6-2)12-8-10-14(13(3)4)15-9-7-11-18-16(15)17/h7,9,11,13-14H,5-6,8,10,12H2,1-4H3,(H2,17,18)/t14-/m0/s1. The van der Waals surface area contributed by atoms with Crippen LogP contribution in [0.4, 0.5) is 5.82 Å². The van der Waals surface area contributed by atoms with E-state index in [0.29, 0.717) is 17.7 Å². The lowest BCUT2D eigenvalue weighted by Gasteiger charge is -2.24. The molecule has 0 aliphatic rings. The Balaban J connectivity index is 2.62. The second-order valence-corrected chi connectivity index (χ2v) is 5.50. The van der Waals surface area contributed by atoms with E-state index in [1.807, 2.05) is 6.07 Å². The Morgan fingerprint density at radius 1 is 1.26 bits per heavy atom. The van der Waals surface area contributed by atoms with Crippen molar-refractivity contribution in [2.45, 2.75) is 46.5 Å². The number of hydrogen-bond donors (Lipinski definition) is 1. The molecule has 0 saturated carbocycles. The molecule has 108 valence electrons. The zero-order chi connectivity index (χ0) is 14.3. The van der Waals surface area contributed by atoms with Gasteiger partial charge in [-0.15, -0.1) is 0 Å². The first-order chi connectivity index (χ1) is 9.10. The van der Waals surface area contributed by atoms with E-state index in [-0.39, 0.29) is 0 Å². The van der Waals surface area contributed by atoms with Gasteiger partial charge in [0.1, 0.15) is 5.82 Å². The van der Waals surface area contributed by atoms with Crippen molar-refractivity contribution >= 4 is 5.82 Å². The first-order valence-electron chi connectivity index (χ1n) is 7.52. The topological polar surface area (TPSA) is 42.2 Å². The van der Waals surface area contributed by atoms with Crippen LogP contribution in [0.15, 0.2) is 18.3 Å². The summed E-state index contributed by atoms with van der Waals surface area (Å²) >= 11 is 0. The fourth-order valence-electron chi connectivity index (χ4n) is 2.67. The Labute approximate surface area is 118 Å². The fourth-order valence-corrected chi connectivity index (χ4v) is 2.67. The lowest BCUT2D eigenvalue weighted by Crippen LogP contribution is -2.24. The zero-order valence-corrected chi connectivity index (χ0v) is 12.9. The van der Waals surface area contributed by atoms with Gasteiger partial charge in [0.05, 0.1) is 0 Å². The lowest BCUT2D eigenvalue weighted by atomic mass is 9.85. The smallest absolute Gasteiger partial charge is 0.126 e. The normalized spacial score (nSPS) is 13.2. The zero-order valence-electron chi connectivity index (χ0n) is 12.9. The Kier molecular flexibility index (Phi) is 6.85. The van der Waals surface area contributed by atoms with Gasteiger partial charge < -0.3 is 10.6 Å². The predicted octanol–water partition coefficient (Wildman–Crippen LogP) is 3.53. The maximum absolute atomic E-state index is 6.02. The van der Waals surface area contributed by atoms with Crippen LogP contribution in [0.1, 0.15) is 52.0 Å². The summed E-state index contributed by atoms with van der Waals surface area (Å²) in [6.45, 7) is 12.4. The van der Waals surface area contributed by atoms with Crippen molar-refractivity contribution in [3.63, 3.8) is 0 Å². The Morgan fingerprint density at radius 3 is 2.47 bits per heavy atom. The summed E-state index contributed by atoms with van der Waals surface area (Å²) in [5.41, 5.74) is 7.24. The highest BCUT2D eigenvalue weighted by Crippen LogP contribution is 2.31. The number of nitrogens with two attached hydrogens (primary N) is 1. The summed E-state index contributed by atoms with van der Waals surface area (Å²) in [6, 6.07) is 4.12. The summed E-state index contributed by atoms with van der Waals surface area (Å²) in [5, 5.41) is 0. The third-order valence-electron chi connectivity index (χ3n) is 3.96. The van der Waals surface area contributed by atoms with E-state index >= 15 is 0 Å². The van der Waals surface area contributed by atoms with Crippen LogP contribution in [0, 0.1) is 5.92 Å². The summed E-state index contributed by atoms with van der Waals surface area (Å²) < 4.78 is 0. The van der Waals surface area contributed by atoms with Gasteiger partial charge in [0.2, 0.25) is 0 Å². The molecule has 0 unspecified atom stereocenters. The largest absolute Gasteiger partial charge is 0.383 e. The van der Waals surface area contributed by atoms with Crippen LogP contribution in [0.2, 0.25) is 0 Å². The van der Waals surface area contributed by atoms with E-state index in [4.69, 9.17) is 5.73 Å². The van der Waals surface area contributed by atoms with Crippen LogP contribution < -0.4 is 5.73 Å². The van der Waals surface area contributed by atoms with Crippen molar-refractivity contribution in [2.75, 3.05) is 25.4 Å². The Morgan fingerprint density at radius 2 is 1.95 bits per heavy atom. The minimum Gasteiger partial charge on any atom is -0.383 e. The molecule has 0 aromatic carbocycles. The van der Waals surface area contributed by atoms with Crippen molar-refractivity contribution in [3.8, 4) is 0 Å². The average Bonchev–Trinajstić information content (AvgIpc) is 2.40. The van der Waals surface area contributed by atoms with Gasteiger partial charge in [-0.1, -0.05) is 33.8 Å². The molecule has 3 heteroatoms. The van der Waals surface area contributed by atoms with Crippen LogP contribution in [-0.2, 0) is 0 Å². The van der Waals surface area contributed by atoms with Gasteiger partial charge in [-0.2, -0.15) is 0 Å². The van der Waals surface area contributed by atoms with Crippen molar-refractivity contribution in [1.82, 2.24) is 9.88 Å². The van der Waals surface area contributed by atoms with Crippen molar-refractivity contribution in [1.29, 1.82) is 0 Å². The lowest BCUT2D eigenvalue weighted by molar-refractivity contribution is 0.287. The second kappa shape index (κ2) is 8.16. The Bertz CT molecular complexity index is 359. The molecule has 1 aromatic rings. The van der Waals surface area contributed by atoms with Crippen LogP contribution in [-0.4, -0.2) is 29.5 Å². The summed E-state index contributed by atoms with van der Waals surface area (Å²) in [6.07, 6.45) is 4.18. The molecule has 0 saturated heterocycles. The quantitative estimate of drug-likeness (QED) is 0.780. The average molecular weight is 263 g/mol. The van der Waals surface area contributed by atoms with Gasteiger partial charge in [-0.25, -0.2) is 4.98 Å². The number of nitrogens with zero attached hydrogens (tertiary/aromatic N) is 2. The first kappa shape index (κ1) is 16.0. The molecular weight excluding hydrogens is 234 g/mol. The Hall–Kier alpha value is -1.09. The molecule has 1 aromatic heterocycles. The monoisotopic (exact) mass is 263 g/mol. The van der Waals surface area contributed by atoms with Crippen molar-refractivity contribution in [2.24, 2.45) is 5.92 Å². The molecular formula is C16H29N3. The van der Waals surface area contributed by atoms with Gasteiger partial charge >= 0.3 is 0 Å². The van der Waals surface area contributed by atoms with E-state index < -0.39 is 0 Å². The summed E-state index contributed by atoms with van der Waals surface area (Å²) in [7, 11) is 0. The van der Waals surface area contributed by atoms with Gasteiger partial charge in [-0.05, 0) is 55.9 Å². The molecule has 0 fully saturated rings. The van der Waals surface area contributed by atoms with Gasteiger partial charge in [0.25, 0.3) is 0 Å². The SMILES string of the molecule is CCN(CC)CCC[C@H](c1cccnc1N)C(C)C. The number of rotatable bonds is 8. The molecule has 0 bridgehead atoms. The van der Waals surface area contributed by atoms with Gasteiger partial charge in [0, 0.05) is 6.20 Å². The van der Waals surface area contributed by atoms with Crippen LogP contribution in [0.25, 0.3) is 0 Å². The highest BCUT2D eigenvalue weighted by molar-refractivity contribution is 5.41. The number of pyridine rings is 1. The van der Waals surface area contributed by atoms with E-state index in [2.05, 4.69) is 43.6 Å². The minimum absolute atomic E-state index is 0.518. The molecule has 1 atom stereocenters. The molecule has 0 radical (unpaired) electrons. The molecule has 3 nitrogen and oxygen atoms in total. The van der Waals surface area contributed by atoms with E-state index in [9.17, 15) is 0 Å². The maximum Gasteiger partial charge on any atom is 0.126 e. The van der Waals surface area contributed by atoms with Crippen molar-refractivity contribution in [3.05, 3.63) is 23.9 Å². The highest BCUT2D eigenvalue weighted by atomic mass is 15.1. The number of hydrogen-bond acceptors (Lipinski definition) is 3. The van der Waals surface area contributed by atoms with Crippen LogP contribution >= 0.6 is 0 Å². The number of nitrogen functional groups attached to an aromatic ring is 1. The number of aromatic nitrogens is 1. The fraction of sp³-hybridized carbons (Fsp3) is 0.688. The predicted molar refractivity (Wildman–Crippen MR) is 83.3 cm³/mol. The molecule has 2 N–H and O–H groups in total.